The molecule has 0 aliphatic carbocycles. The van der Waals surface area contributed by atoms with Crippen LogP contribution in [-0.2, 0) is 65.6 Å². The molecule has 2 aliphatic rings. The number of unbranched alkanes of at least 4 members (excludes halogenated alkanes) is 2. The Balaban J connectivity index is 0.000000324. The lowest BCUT2D eigenvalue weighted by Gasteiger charge is -2.42. The fraction of sp³-hybridized carbons (Fsp3) is 0.567. The Bertz CT molecular complexity index is 4020. The Morgan fingerprint density at radius 3 is 1.52 bits per heavy atom. The van der Waals surface area contributed by atoms with Gasteiger partial charge in [0, 0.05) is 128 Å². The molecular formula is C90H127F4N9O12S2. The van der Waals surface area contributed by atoms with Gasteiger partial charge >= 0.3 is 5.97 Å². The maximum Gasteiger partial charge on any atom is 0.327 e. The molecule has 21 nitrogen and oxygen atoms in total. The molecule has 4 amide bonds. The number of halogens is 4. The number of benzene rings is 4. The van der Waals surface area contributed by atoms with Gasteiger partial charge in [0.05, 0.1) is 69.8 Å². The molecule has 27 heteroatoms. The molecule has 2 saturated heterocycles. The average molecular weight is 1670 g/mol. The van der Waals surface area contributed by atoms with Crippen molar-refractivity contribution in [2.45, 2.75) is 164 Å². The maximum absolute atomic E-state index is 15.2. The SMILES string of the molecule is CCCCOCCOCCOCCOCCC(=O)N[C@@H](CSCC(=O)N(CC1CCNC1)[C@@H](c1cc(-c2cc(F)ccc2F)cn1Cc1ccccc1)C(C)(C)C)C(=O)O.CNCCCC[C@H](CC(C)=O)C(=O)CCCNC(=O)CCSCC(=O)N(CC1CCNC1)[C@@H](c1cc(-c2cc(F)ccc2F)cn1Cc1ccccc1)C(C)(C)C. The molecule has 6 atom stereocenters. The van der Waals surface area contributed by atoms with E-state index in [-0.39, 0.29) is 108 Å². The van der Waals surface area contributed by atoms with Gasteiger partial charge in [-0.2, -0.15) is 11.8 Å². The Labute approximate surface area is 698 Å². The summed E-state index contributed by atoms with van der Waals surface area (Å²) in [6.45, 7) is 25.9. The van der Waals surface area contributed by atoms with Crippen LogP contribution in [0.5, 0.6) is 0 Å². The van der Waals surface area contributed by atoms with Crippen LogP contribution >= 0.6 is 23.5 Å². The minimum Gasteiger partial charge on any atom is -0.480 e. The maximum atomic E-state index is 15.2. The highest BCUT2D eigenvalue weighted by Gasteiger charge is 2.41. The minimum absolute atomic E-state index is 0.0169. The van der Waals surface area contributed by atoms with Gasteiger partial charge in [-0.1, -0.05) is 122 Å². The van der Waals surface area contributed by atoms with Crippen LogP contribution in [0.25, 0.3) is 22.3 Å². The molecule has 2 unspecified atom stereocenters. The van der Waals surface area contributed by atoms with Crippen molar-refractivity contribution in [3.8, 4) is 22.3 Å². The van der Waals surface area contributed by atoms with Crippen LogP contribution in [0.2, 0.25) is 0 Å². The van der Waals surface area contributed by atoms with Crippen LogP contribution in [-0.4, -0.2) is 207 Å². The van der Waals surface area contributed by atoms with Crippen molar-refractivity contribution in [3.05, 3.63) is 167 Å². The van der Waals surface area contributed by atoms with Gasteiger partial charge in [0.25, 0.3) is 0 Å². The molecule has 117 heavy (non-hydrogen) atoms. The number of hydrogen-bond acceptors (Lipinski definition) is 16. The van der Waals surface area contributed by atoms with Crippen molar-refractivity contribution < 1.29 is 75.2 Å². The van der Waals surface area contributed by atoms with Crippen molar-refractivity contribution >= 4 is 64.7 Å². The molecule has 0 radical (unpaired) electrons. The lowest BCUT2D eigenvalue weighted by molar-refractivity contribution is -0.141. The Kier molecular flexibility index (Phi) is 42.0. The van der Waals surface area contributed by atoms with E-state index in [1.54, 1.807) is 0 Å². The van der Waals surface area contributed by atoms with Gasteiger partial charge in [-0.3, -0.25) is 24.0 Å². The number of nitrogens with one attached hydrogen (secondary N) is 5. The van der Waals surface area contributed by atoms with Crippen LogP contribution in [0.4, 0.5) is 17.6 Å². The molecule has 2 fully saturated rings. The number of ketones is 2. The minimum atomic E-state index is -1.21. The topological polar surface area (TPSA) is 253 Å². The highest BCUT2D eigenvalue weighted by Crippen LogP contribution is 2.44. The number of rotatable bonds is 52. The van der Waals surface area contributed by atoms with E-state index in [0.29, 0.717) is 102 Å². The van der Waals surface area contributed by atoms with E-state index in [1.165, 1.54) is 30.8 Å². The molecule has 0 saturated carbocycles. The van der Waals surface area contributed by atoms with E-state index in [0.717, 1.165) is 136 Å². The van der Waals surface area contributed by atoms with Crippen molar-refractivity contribution in [3.63, 3.8) is 0 Å². The molecule has 0 bridgehead atoms. The largest absolute Gasteiger partial charge is 0.480 e. The Hall–Kier alpha value is -7.73. The first-order valence-corrected chi connectivity index (χ1v) is 43.8. The predicted octanol–water partition coefficient (Wildman–Crippen LogP) is 14.1. The zero-order valence-electron chi connectivity index (χ0n) is 70.1. The van der Waals surface area contributed by atoms with Gasteiger partial charge in [0.1, 0.15) is 40.9 Å². The van der Waals surface area contributed by atoms with Crippen molar-refractivity contribution in [2.24, 2.45) is 28.6 Å². The van der Waals surface area contributed by atoms with Gasteiger partial charge in [-0.15, -0.1) is 11.8 Å². The number of carboxylic acids is 1. The first-order chi connectivity index (χ1) is 56.1. The van der Waals surface area contributed by atoms with E-state index >= 15 is 8.78 Å². The van der Waals surface area contributed by atoms with Crippen LogP contribution in [0.1, 0.15) is 167 Å². The van der Waals surface area contributed by atoms with E-state index < -0.39 is 64.1 Å². The molecule has 6 N–H and O–H groups in total. The monoisotopic (exact) mass is 1670 g/mol. The van der Waals surface area contributed by atoms with Gasteiger partial charge in [-0.25, -0.2) is 22.4 Å². The number of carbonyl (C=O) groups is 7. The lowest BCUT2D eigenvalue weighted by Crippen LogP contribution is -2.46. The van der Waals surface area contributed by atoms with E-state index in [9.17, 15) is 47.4 Å². The number of Topliss-reactive ketones (excluding diaryl/α,β-unsaturated/α-hetero) is 2. The van der Waals surface area contributed by atoms with E-state index in [2.05, 4.69) is 79.6 Å². The summed E-state index contributed by atoms with van der Waals surface area (Å²) in [7, 11) is 1.89. The summed E-state index contributed by atoms with van der Waals surface area (Å²) in [5, 5.41) is 25.4. The first kappa shape index (κ1) is 96.4. The Morgan fingerprint density at radius 1 is 0.581 bits per heavy atom. The fourth-order valence-corrected chi connectivity index (χ4v) is 16.5. The number of ether oxygens (including phenoxy) is 4. The number of aliphatic carboxylic acids is 1. The van der Waals surface area contributed by atoms with Crippen molar-refractivity contribution in [1.82, 2.24) is 45.5 Å². The van der Waals surface area contributed by atoms with Gasteiger partial charge in [0.15, 0.2) is 0 Å². The van der Waals surface area contributed by atoms with Crippen LogP contribution < -0.4 is 26.6 Å². The third kappa shape index (κ3) is 33.8. The number of hydrogen-bond donors (Lipinski definition) is 6. The molecule has 2 aliphatic heterocycles. The Morgan fingerprint density at radius 2 is 1.07 bits per heavy atom. The smallest absolute Gasteiger partial charge is 0.327 e. The first-order valence-electron chi connectivity index (χ1n) is 41.4. The number of aromatic nitrogens is 2. The molecule has 4 heterocycles. The molecule has 0 spiro atoms. The zero-order chi connectivity index (χ0) is 84.7. The zero-order valence-corrected chi connectivity index (χ0v) is 71.7. The summed E-state index contributed by atoms with van der Waals surface area (Å²) in [5.74, 6) is -3.33. The molecule has 4 aromatic carbocycles. The van der Waals surface area contributed by atoms with Crippen LogP contribution in [0, 0.1) is 51.9 Å². The fourth-order valence-electron chi connectivity index (χ4n) is 14.8. The third-order valence-corrected chi connectivity index (χ3v) is 22.6. The molecule has 644 valence electrons. The summed E-state index contributed by atoms with van der Waals surface area (Å²) in [6, 6.07) is 28.3. The van der Waals surface area contributed by atoms with Gasteiger partial charge < -0.3 is 74.4 Å². The van der Waals surface area contributed by atoms with E-state index in [4.69, 9.17) is 18.9 Å². The highest BCUT2D eigenvalue weighted by atomic mass is 32.2. The quantitative estimate of drug-likeness (QED) is 0.0153. The highest BCUT2D eigenvalue weighted by molar-refractivity contribution is 8.00. The normalized spacial score (nSPS) is 15.3. The summed E-state index contributed by atoms with van der Waals surface area (Å²) >= 11 is 2.56. The number of amides is 4. The molecule has 2 aromatic heterocycles. The predicted molar refractivity (Wildman–Crippen MR) is 456 cm³/mol. The average Bonchev–Trinajstić information content (AvgIpc) is 1.66. The lowest BCUT2D eigenvalue weighted by atomic mass is 9.82. The van der Waals surface area contributed by atoms with Crippen molar-refractivity contribution in [1.29, 1.82) is 0 Å². The molecule has 8 rings (SSSR count). The molecule has 6 aromatic rings. The van der Waals surface area contributed by atoms with Crippen LogP contribution in [0.3, 0.4) is 0 Å². The van der Waals surface area contributed by atoms with Gasteiger partial charge in [-0.05, 0) is 168 Å². The second-order valence-corrected chi connectivity index (χ2v) is 34.7. The summed E-state index contributed by atoms with van der Waals surface area (Å²) < 4.78 is 85.2. The second-order valence-electron chi connectivity index (χ2n) is 32.6. The second kappa shape index (κ2) is 51.0. The third-order valence-electron chi connectivity index (χ3n) is 20.6. The van der Waals surface area contributed by atoms with E-state index in [1.807, 2.05) is 107 Å². The standard InChI is InChI=1S/C45H63F2N5O4S.C45H64F2N4O8S/c1-32(53)24-35(14-9-10-20-48-5)41(54)15-11-21-50-42(55)19-23-57-31-43(56)52(29-34-18-22-49-27-34)44(45(2,3)4)40-25-36(38-26-37(46)16-17-39(38)47)30-51(40)28-33-12-7-6-8-13-33;1-5-6-17-56-19-21-58-23-24-59-22-20-57-18-15-41(52)49-39(44(54)55)31-60-32-42(53)51(29-34-14-16-48-27-34)43(45(2,3)4)40-25-35(37-26-36(46)12-13-38(37)47)30-50(40)28-33-10-8-7-9-11-33/h6-8,12-13,16-17,25-26,30,34-35,44,48-49H,9-11,14-15,18-24,27-29,31H2,1-5H3,(H,50,55);7-13,25-26,30,34,39,43,48H,5-6,14-24,27-29,31-32H2,1-4H3,(H,49,52)(H,54,55)/t34?,35-,44+;34?,39-,43-/m10/s1. The number of thioether (sulfide) groups is 2. The summed E-state index contributed by atoms with van der Waals surface area (Å²) in [6.07, 6.45) is 11.5. The van der Waals surface area contributed by atoms with Crippen molar-refractivity contribution in [2.75, 3.05) is 135 Å². The summed E-state index contributed by atoms with van der Waals surface area (Å²) in [5.41, 5.74) is 4.04. The van der Waals surface area contributed by atoms with Gasteiger partial charge in [0.2, 0.25) is 23.6 Å². The number of nitrogens with zero attached hydrogens (tertiary/aromatic N) is 4. The van der Waals surface area contributed by atoms with Crippen LogP contribution in [0.15, 0.2) is 122 Å². The number of carboxylic acid groups (broad SMARTS) is 1. The number of carbonyl (C=O) groups excluding carboxylic acids is 6. The molecular weight excluding hydrogens is 1540 g/mol. The summed E-state index contributed by atoms with van der Waals surface area (Å²) in [4.78, 5) is 95.0.